The van der Waals surface area contributed by atoms with E-state index in [2.05, 4.69) is 35.6 Å². The molecule has 1 unspecified atom stereocenters. The molecule has 13 nitrogen and oxygen atoms in total. The van der Waals surface area contributed by atoms with Crippen LogP contribution in [0.4, 0.5) is 5.95 Å². The third kappa shape index (κ3) is 12.4. The monoisotopic (exact) mass is 726 g/mol. The second-order valence-corrected chi connectivity index (χ2v) is 14.4. The zero-order chi connectivity index (χ0) is 36.1. The molecule has 2 fully saturated rings. The number of benzene rings is 1. The minimum Gasteiger partial charge on any atom is -0.487 e. The number of nitrogens with zero attached hydrogens (tertiary/aromatic N) is 6. The summed E-state index contributed by atoms with van der Waals surface area (Å²) in [5.41, 5.74) is 2.21. The van der Waals surface area contributed by atoms with Gasteiger partial charge in [-0.2, -0.15) is 5.10 Å². The number of aromatic nitrogens is 5. The van der Waals surface area contributed by atoms with Gasteiger partial charge in [-0.05, 0) is 83.9 Å². The van der Waals surface area contributed by atoms with Crippen LogP contribution >= 0.6 is 11.6 Å². The number of nitrogens with one attached hydrogen (secondary N) is 2. The highest BCUT2D eigenvalue weighted by Gasteiger charge is 2.27. The standard InChI is InChI=1S/C37H55ClN8O5/c1-27(24-46-26-39-25-43-46)51-35-20-29(6-11-33(35)38)30-21-41-36(42-22-30)44-34(28(2)49-16-5-17-50-37(3,4)12-15-47)23-40-31-7-9-32(10-8-31)45-13-18-48-19-14-45/h6,11,20-23,25-28,31-32,40,47H,5,7-10,12-19,24H2,1-4H3,(H,41,42,44)/b34-23+/t27-,28?,31?,32?/m0/s1. The third-order valence-electron chi connectivity index (χ3n) is 9.45. The summed E-state index contributed by atoms with van der Waals surface area (Å²) in [5, 5.41) is 21.0. The van der Waals surface area contributed by atoms with Gasteiger partial charge in [0.15, 0.2) is 0 Å². The van der Waals surface area contributed by atoms with Gasteiger partial charge in [0.25, 0.3) is 0 Å². The van der Waals surface area contributed by atoms with Crippen LogP contribution in [0.25, 0.3) is 11.1 Å². The van der Waals surface area contributed by atoms with Crippen LogP contribution in [0.5, 0.6) is 5.75 Å². The minimum atomic E-state index is -0.362. The van der Waals surface area contributed by atoms with Crippen LogP contribution in [0.3, 0.4) is 0 Å². The molecule has 0 amide bonds. The zero-order valence-corrected chi connectivity index (χ0v) is 31.2. The van der Waals surface area contributed by atoms with E-state index in [1.165, 1.54) is 19.2 Å². The van der Waals surface area contributed by atoms with Gasteiger partial charge in [0, 0.05) is 69.2 Å². The maximum absolute atomic E-state index is 9.28. The Bertz CT molecular complexity index is 1480. The van der Waals surface area contributed by atoms with Crippen molar-refractivity contribution in [3.8, 4) is 16.9 Å². The summed E-state index contributed by atoms with van der Waals surface area (Å²) in [6.07, 6.45) is 14.3. The van der Waals surface area contributed by atoms with E-state index in [1.54, 1.807) is 23.4 Å². The van der Waals surface area contributed by atoms with Gasteiger partial charge in [-0.25, -0.2) is 19.6 Å². The normalized spacial score (nSPS) is 20.2. The molecule has 1 saturated carbocycles. The van der Waals surface area contributed by atoms with Crippen molar-refractivity contribution in [1.29, 1.82) is 0 Å². The number of aliphatic hydroxyl groups is 1. The Balaban J connectivity index is 1.20. The van der Waals surface area contributed by atoms with Crippen LogP contribution in [0.1, 0.15) is 66.2 Å². The zero-order valence-electron chi connectivity index (χ0n) is 30.5. The smallest absolute Gasteiger partial charge is 0.227 e. The lowest BCUT2D eigenvalue weighted by Gasteiger charge is -2.38. The molecule has 1 aromatic carbocycles. The van der Waals surface area contributed by atoms with Gasteiger partial charge in [0.1, 0.15) is 24.5 Å². The van der Waals surface area contributed by atoms with E-state index in [9.17, 15) is 5.11 Å². The SMILES string of the molecule is CC(OCCCOC(C)(C)CCO)/C(=C\NC1CCC(N2CCOCC2)CC1)Nc1ncc(-c2ccc(Cl)c(O[C@@H](C)Cn3cncn3)c2)cn1. The van der Waals surface area contributed by atoms with Crippen molar-refractivity contribution in [3.63, 3.8) is 0 Å². The van der Waals surface area contributed by atoms with E-state index in [0.29, 0.717) is 55.0 Å². The summed E-state index contributed by atoms with van der Waals surface area (Å²) in [4.78, 5) is 15.9. The van der Waals surface area contributed by atoms with Gasteiger partial charge in [-0.15, -0.1) is 0 Å². The molecule has 3 aromatic rings. The first kappa shape index (κ1) is 38.9. The average Bonchev–Trinajstić information content (AvgIpc) is 3.64. The number of morpholine rings is 1. The highest BCUT2D eigenvalue weighted by molar-refractivity contribution is 6.32. The van der Waals surface area contributed by atoms with E-state index >= 15 is 0 Å². The Kier molecular flexibility index (Phi) is 14.9. The molecule has 0 bridgehead atoms. The highest BCUT2D eigenvalue weighted by atomic mass is 35.5. The average molecular weight is 727 g/mol. The number of ether oxygens (including phenoxy) is 4. The van der Waals surface area contributed by atoms with E-state index in [4.69, 9.17) is 30.5 Å². The lowest BCUT2D eigenvalue weighted by atomic mass is 9.90. The minimum absolute atomic E-state index is 0.103. The Morgan fingerprint density at radius 2 is 1.86 bits per heavy atom. The van der Waals surface area contributed by atoms with Crippen LogP contribution in [-0.4, -0.2) is 111 Å². The molecule has 2 atom stereocenters. The Morgan fingerprint density at radius 1 is 1.10 bits per heavy atom. The second-order valence-electron chi connectivity index (χ2n) is 14.0. The molecule has 3 heterocycles. The molecule has 1 aliphatic carbocycles. The highest BCUT2D eigenvalue weighted by Crippen LogP contribution is 2.31. The molecule has 2 aromatic heterocycles. The van der Waals surface area contributed by atoms with Gasteiger partial charge < -0.3 is 34.7 Å². The fourth-order valence-corrected chi connectivity index (χ4v) is 6.56. The largest absolute Gasteiger partial charge is 0.487 e. The molecule has 0 spiro atoms. The van der Waals surface area contributed by atoms with E-state index < -0.39 is 0 Å². The lowest BCUT2D eigenvalue weighted by Crippen LogP contribution is -2.46. The van der Waals surface area contributed by atoms with Crippen molar-refractivity contribution in [1.82, 2.24) is 34.9 Å². The summed E-state index contributed by atoms with van der Waals surface area (Å²) in [6.45, 7) is 13.4. The van der Waals surface area contributed by atoms with Crippen molar-refractivity contribution in [2.24, 2.45) is 0 Å². The van der Waals surface area contributed by atoms with Gasteiger partial charge in [-0.3, -0.25) is 4.90 Å². The van der Waals surface area contributed by atoms with Gasteiger partial charge in [0.2, 0.25) is 5.95 Å². The Hall–Kier alpha value is -3.33. The van der Waals surface area contributed by atoms with Crippen LogP contribution in [0.2, 0.25) is 5.02 Å². The fourth-order valence-electron chi connectivity index (χ4n) is 6.40. The number of halogens is 1. The summed E-state index contributed by atoms with van der Waals surface area (Å²) in [7, 11) is 0. The van der Waals surface area contributed by atoms with Gasteiger partial charge >= 0.3 is 0 Å². The van der Waals surface area contributed by atoms with E-state index in [1.807, 2.05) is 52.1 Å². The Morgan fingerprint density at radius 3 is 2.57 bits per heavy atom. The van der Waals surface area contributed by atoms with Crippen LogP contribution in [-0.2, 0) is 20.8 Å². The summed E-state index contributed by atoms with van der Waals surface area (Å²) >= 11 is 6.49. The predicted octanol–water partition coefficient (Wildman–Crippen LogP) is 5.32. The van der Waals surface area contributed by atoms with E-state index in [0.717, 1.165) is 62.4 Å². The fraction of sp³-hybridized carbons (Fsp3) is 0.622. The maximum atomic E-state index is 9.28. The molecule has 1 aliphatic heterocycles. The maximum Gasteiger partial charge on any atom is 0.227 e. The molecule has 1 saturated heterocycles. The summed E-state index contributed by atoms with van der Waals surface area (Å²) in [6, 6.07) is 6.67. The van der Waals surface area contributed by atoms with Crippen molar-refractivity contribution < 1.29 is 24.1 Å². The number of anilines is 1. The summed E-state index contributed by atoms with van der Waals surface area (Å²) < 4.78 is 25.6. The molecule has 3 N–H and O–H groups in total. The number of hydrogen-bond donors (Lipinski definition) is 3. The topological polar surface area (TPSA) is 141 Å². The van der Waals surface area contributed by atoms with Gasteiger partial charge in [0.05, 0.1) is 42.2 Å². The first-order valence-electron chi connectivity index (χ1n) is 18.2. The molecule has 5 rings (SSSR count). The van der Waals surface area contributed by atoms with Crippen LogP contribution in [0.15, 0.2) is 55.1 Å². The molecule has 2 aliphatic rings. The van der Waals surface area contributed by atoms with Crippen LogP contribution in [0, 0.1) is 0 Å². The quantitative estimate of drug-likeness (QED) is 0.138. The third-order valence-corrected chi connectivity index (χ3v) is 9.76. The van der Waals surface area contributed by atoms with Gasteiger partial charge in [-0.1, -0.05) is 17.7 Å². The number of hydrogen-bond acceptors (Lipinski definition) is 12. The Labute approximate surface area is 307 Å². The first-order valence-corrected chi connectivity index (χ1v) is 18.6. The molecule has 51 heavy (non-hydrogen) atoms. The molecule has 14 heteroatoms. The summed E-state index contributed by atoms with van der Waals surface area (Å²) in [5.74, 6) is 1.05. The molecule has 0 radical (unpaired) electrons. The molecular weight excluding hydrogens is 672 g/mol. The van der Waals surface area contributed by atoms with Crippen molar-refractivity contribution in [2.75, 3.05) is 51.4 Å². The molecular formula is C37H55ClN8O5. The molecule has 280 valence electrons. The number of rotatable bonds is 19. The predicted molar refractivity (Wildman–Crippen MR) is 198 cm³/mol. The first-order chi connectivity index (χ1) is 24.7. The lowest BCUT2D eigenvalue weighted by molar-refractivity contribution is -0.0423. The van der Waals surface area contributed by atoms with Crippen LogP contribution < -0.4 is 15.4 Å². The van der Waals surface area contributed by atoms with Crippen molar-refractivity contribution >= 4 is 17.5 Å². The van der Waals surface area contributed by atoms with Crippen molar-refractivity contribution in [3.05, 3.63) is 60.2 Å². The van der Waals surface area contributed by atoms with E-state index in [-0.39, 0.29) is 24.4 Å². The van der Waals surface area contributed by atoms with Crippen molar-refractivity contribution in [2.45, 2.75) is 103 Å². The number of aliphatic hydroxyl groups excluding tert-OH is 1. The second kappa shape index (κ2) is 19.5.